The fraction of sp³-hybridized carbons (Fsp3) is 0.423. The van der Waals surface area contributed by atoms with E-state index in [4.69, 9.17) is 0 Å². The Balaban J connectivity index is 1.39. The van der Waals surface area contributed by atoms with E-state index >= 15 is 0 Å². The first kappa shape index (κ1) is 21.3. The molecule has 1 saturated carbocycles. The maximum Gasteiger partial charge on any atom is 0.243 e. The van der Waals surface area contributed by atoms with Gasteiger partial charge in [-0.05, 0) is 37.3 Å². The lowest BCUT2D eigenvalue weighted by atomic mass is 9.81. The van der Waals surface area contributed by atoms with Crippen molar-refractivity contribution in [3.63, 3.8) is 0 Å². The SMILES string of the molecule is CC(C(=O)NCCC(c1ccccc1)c1ccccc1)N1C(=O)C2CCCCC2C1=O. The molecule has 162 valence electrons. The molecule has 2 aromatic rings. The molecule has 1 aliphatic heterocycles. The van der Waals surface area contributed by atoms with E-state index < -0.39 is 6.04 Å². The third kappa shape index (κ3) is 4.41. The average molecular weight is 419 g/mol. The van der Waals surface area contributed by atoms with Crippen LogP contribution in [0.15, 0.2) is 60.7 Å². The van der Waals surface area contributed by atoms with E-state index in [1.165, 1.54) is 16.0 Å². The van der Waals surface area contributed by atoms with Gasteiger partial charge in [0.05, 0.1) is 11.8 Å². The van der Waals surface area contributed by atoms with Crippen molar-refractivity contribution in [2.45, 2.75) is 51.0 Å². The Morgan fingerprint density at radius 1 is 0.903 bits per heavy atom. The molecular formula is C26H30N2O3. The lowest BCUT2D eigenvalue weighted by Gasteiger charge is -2.23. The van der Waals surface area contributed by atoms with Gasteiger partial charge in [0.25, 0.3) is 0 Å². The van der Waals surface area contributed by atoms with Gasteiger partial charge in [-0.15, -0.1) is 0 Å². The Morgan fingerprint density at radius 2 is 1.39 bits per heavy atom. The fourth-order valence-electron chi connectivity index (χ4n) is 5.07. The van der Waals surface area contributed by atoms with E-state index in [2.05, 4.69) is 29.6 Å². The second-order valence-corrected chi connectivity index (χ2v) is 8.67. The third-order valence-electron chi connectivity index (χ3n) is 6.78. The zero-order valence-corrected chi connectivity index (χ0v) is 18.0. The molecule has 2 aliphatic rings. The molecule has 0 bridgehead atoms. The Kier molecular flexibility index (Phi) is 6.50. The van der Waals surface area contributed by atoms with Crippen LogP contribution in [0.5, 0.6) is 0 Å². The minimum Gasteiger partial charge on any atom is -0.354 e. The number of amides is 3. The van der Waals surface area contributed by atoms with Gasteiger partial charge in [-0.3, -0.25) is 19.3 Å². The summed E-state index contributed by atoms with van der Waals surface area (Å²) in [5.74, 6) is -0.877. The lowest BCUT2D eigenvalue weighted by molar-refractivity contribution is -0.147. The molecule has 2 fully saturated rings. The number of carbonyl (C=O) groups is 3. The topological polar surface area (TPSA) is 66.5 Å². The van der Waals surface area contributed by atoms with Crippen LogP contribution in [-0.4, -0.2) is 35.2 Å². The van der Waals surface area contributed by atoms with E-state index in [9.17, 15) is 14.4 Å². The van der Waals surface area contributed by atoms with Gasteiger partial charge in [-0.2, -0.15) is 0 Å². The summed E-state index contributed by atoms with van der Waals surface area (Å²) in [6.45, 7) is 2.13. The second kappa shape index (κ2) is 9.46. The van der Waals surface area contributed by atoms with Gasteiger partial charge in [-0.1, -0.05) is 73.5 Å². The van der Waals surface area contributed by atoms with Crippen molar-refractivity contribution < 1.29 is 14.4 Å². The summed E-state index contributed by atoms with van der Waals surface area (Å²) in [7, 11) is 0. The van der Waals surface area contributed by atoms with Crippen molar-refractivity contribution in [3.8, 4) is 0 Å². The van der Waals surface area contributed by atoms with E-state index in [0.29, 0.717) is 6.54 Å². The van der Waals surface area contributed by atoms with Crippen LogP contribution in [0.1, 0.15) is 56.1 Å². The molecule has 1 saturated heterocycles. The average Bonchev–Trinajstić information content (AvgIpc) is 3.07. The highest BCUT2D eigenvalue weighted by atomic mass is 16.2. The second-order valence-electron chi connectivity index (χ2n) is 8.67. The van der Waals surface area contributed by atoms with Crippen molar-refractivity contribution in [1.82, 2.24) is 10.2 Å². The van der Waals surface area contributed by atoms with Crippen LogP contribution in [0, 0.1) is 11.8 Å². The van der Waals surface area contributed by atoms with E-state index in [-0.39, 0.29) is 35.5 Å². The molecule has 5 nitrogen and oxygen atoms in total. The number of hydrogen-bond acceptors (Lipinski definition) is 3. The summed E-state index contributed by atoms with van der Waals surface area (Å²) in [6, 6.07) is 19.7. The minimum atomic E-state index is -0.766. The fourth-order valence-corrected chi connectivity index (χ4v) is 5.07. The van der Waals surface area contributed by atoms with Crippen LogP contribution in [0.25, 0.3) is 0 Å². The summed E-state index contributed by atoms with van der Waals surface area (Å²) >= 11 is 0. The summed E-state index contributed by atoms with van der Waals surface area (Å²) in [4.78, 5) is 39.6. The Labute approximate surface area is 183 Å². The zero-order chi connectivity index (χ0) is 21.8. The molecule has 3 amide bonds. The first-order chi connectivity index (χ1) is 15.1. The van der Waals surface area contributed by atoms with Crippen LogP contribution in [0.2, 0.25) is 0 Å². The van der Waals surface area contributed by atoms with Crippen molar-refractivity contribution in [2.24, 2.45) is 11.8 Å². The van der Waals surface area contributed by atoms with Crippen molar-refractivity contribution in [1.29, 1.82) is 0 Å². The van der Waals surface area contributed by atoms with Crippen molar-refractivity contribution >= 4 is 17.7 Å². The molecule has 3 unspecified atom stereocenters. The molecular weight excluding hydrogens is 388 g/mol. The molecule has 0 spiro atoms. The van der Waals surface area contributed by atoms with Crippen molar-refractivity contribution in [2.75, 3.05) is 6.54 Å². The highest BCUT2D eigenvalue weighted by molar-refractivity contribution is 6.08. The van der Waals surface area contributed by atoms with Crippen LogP contribution in [-0.2, 0) is 14.4 Å². The molecule has 5 heteroatoms. The largest absolute Gasteiger partial charge is 0.354 e. The first-order valence-electron chi connectivity index (χ1n) is 11.3. The summed E-state index contributed by atoms with van der Waals surface area (Å²) in [5.41, 5.74) is 2.40. The van der Waals surface area contributed by atoms with E-state index in [1.807, 2.05) is 36.4 Å². The Hall–Kier alpha value is -2.95. The van der Waals surface area contributed by atoms with Gasteiger partial charge in [-0.25, -0.2) is 0 Å². The van der Waals surface area contributed by atoms with Gasteiger partial charge >= 0.3 is 0 Å². The predicted octanol–water partition coefficient (Wildman–Crippen LogP) is 3.89. The van der Waals surface area contributed by atoms with Gasteiger partial charge in [0.15, 0.2) is 0 Å². The number of carbonyl (C=O) groups excluding carboxylic acids is 3. The molecule has 31 heavy (non-hydrogen) atoms. The number of imide groups is 1. The van der Waals surface area contributed by atoms with Crippen LogP contribution < -0.4 is 5.32 Å². The standard InChI is InChI=1S/C26H30N2O3/c1-18(28-25(30)22-14-8-9-15-23(22)26(28)31)24(29)27-17-16-21(19-10-4-2-5-11-19)20-12-6-3-7-13-20/h2-7,10-13,18,21-23H,8-9,14-17H2,1H3,(H,27,29). The molecule has 1 aliphatic carbocycles. The zero-order valence-electron chi connectivity index (χ0n) is 18.0. The normalized spacial score (nSPS) is 21.8. The summed E-state index contributed by atoms with van der Waals surface area (Å²) in [6.07, 6.45) is 4.22. The number of hydrogen-bond donors (Lipinski definition) is 1. The Morgan fingerprint density at radius 3 is 1.87 bits per heavy atom. The van der Waals surface area contributed by atoms with Gasteiger partial charge in [0.1, 0.15) is 6.04 Å². The quantitative estimate of drug-likeness (QED) is 0.694. The first-order valence-corrected chi connectivity index (χ1v) is 11.3. The van der Waals surface area contributed by atoms with Gasteiger partial charge < -0.3 is 5.32 Å². The molecule has 1 heterocycles. The van der Waals surface area contributed by atoms with E-state index in [1.54, 1.807) is 6.92 Å². The molecule has 1 N–H and O–H groups in total. The molecule has 0 radical (unpaired) electrons. The molecule has 4 rings (SSSR count). The maximum absolute atomic E-state index is 12.8. The monoisotopic (exact) mass is 418 g/mol. The van der Waals surface area contributed by atoms with Crippen LogP contribution in [0.4, 0.5) is 0 Å². The highest BCUT2D eigenvalue weighted by Gasteiger charge is 2.50. The smallest absolute Gasteiger partial charge is 0.243 e. The van der Waals surface area contributed by atoms with Crippen molar-refractivity contribution in [3.05, 3.63) is 71.8 Å². The molecule has 0 aromatic heterocycles. The molecule has 2 aromatic carbocycles. The maximum atomic E-state index is 12.8. The van der Waals surface area contributed by atoms with Crippen LogP contribution in [0.3, 0.4) is 0 Å². The summed E-state index contributed by atoms with van der Waals surface area (Å²) in [5, 5.41) is 2.97. The number of nitrogens with one attached hydrogen (secondary N) is 1. The highest BCUT2D eigenvalue weighted by Crippen LogP contribution is 2.38. The van der Waals surface area contributed by atoms with Crippen LogP contribution >= 0.6 is 0 Å². The van der Waals surface area contributed by atoms with Gasteiger partial charge in [0, 0.05) is 12.5 Å². The number of benzene rings is 2. The predicted molar refractivity (Wildman–Crippen MR) is 119 cm³/mol. The van der Waals surface area contributed by atoms with Gasteiger partial charge in [0.2, 0.25) is 17.7 Å². The Bertz CT molecular complexity index is 865. The third-order valence-corrected chi connectivity index (χ3v) is 6.78. The minimum absolute atomic E-state index is 0.163. The lowest BCUT2D eigenvalue weighted by Crippen LogP contribution is -2.48. The summed E-state index contributed by atoms with van der Waals surface area (Å²) < 4.78 is 0. The number of rotatable bonds is 7. The molecule has 3 atom stereocenters. The van der Waals surface area contributed by atoms with E-state index in [0.717, 1.165) is 32.1 Å². The number of nitrogens with zero attached hydrogens (tertiary/aromatic N) is 1. The number of fused-ring (bicyclic) bond motifs is 1. The number of likely N-dealkylation sites (tertiary alicyclic amines) is 1.